The first-order valence-corrected chi connectivity index (χ1v) is 8.60. The number of ether oxygens (including phenoxy) is 1. The van der Waals surface area contributed by atoms with Crippen LogP contribution in [0.2, 0.25) is 5.02 Å². The van der Waals surface area contributed by atoms with E-state index in [2.05, 4.69) is 12.2 Å². The van der Waals surface area contributed by atoms with Crippen molar-refractivity contribution in [2.45, 2.75) is 33.3 Å². The molecule has 22 heavy (non-hydrogen) atoms. The van der Waals surface area contributed by atoms with Gasteiger partial charge in [-0.1, -0.05) is 24.9 Å². The molecule has 0 fully saturated rings. The molecule has 0 saturated heterocycles. The van der Waals surface area contributed by atoms with Gasteiger partial charge in [0.1, 0.15) is 12.4 Å². The van der Waals surface area contributed by atoms with Crippen LogP contribution < -0.4 is 10.1 Å². The Labute approximate surface area is 140 Å². The molecule has 1 amide bonds. The Bertz CT molecular complexity index is 639. The lowest BCUT2D eigenvalue weighted by atomic mass is 10.2. The molecule has 118 valence electrons. The van der Waals surface area contributed by atoms with Gasteiger partial charge in [0.2, 0.25) is 0 Å². The zero-order valence-corrected chi connectivity index (χ0v) is 14.4. The van der Waals surface area contributed by atoms with Gasteiger partial charge in [-0.25, -0.2) is 0 Å². The van der Waals surface area contributed by atoms with Gasteiger partial charge in [-0.2, -0.15) is 0 Å². The first-order chi connectivity index (χ1) is 10.6. The van der Waals surface area contributed by atoms with Gasteiger partial charge < -0.3 is 10.1 Å². The zero-order valence-electron chi connectivity index (χ0n) is 12.8. The fraction of sp³-hybridized carbons (Fsp3) is 0.353. The molecule has 0 aliphatic rings. The first kappa shape index (κ1) is 16.8. The van der Waals surface area contributed by atoms with Crippen molar-refractivity contribution >= 4 is 28.8 Å². The Morgan fingerprint density at radius 3 is 2.91 bits per heavy atom. The van der Waals surface area contributed by atoms with E-state index in [0.29, 0.717) is 6.61 Å². The van der Waals surface area contributed by atoms with E-state index in [9.17, 15) is 4.79 Å². The predicted molar refractivity (Wildman–Crippen MR) is 92.1 cm³/mol. The standard InChI is InChI=1S/C17H20ClNO2S/c1-3-4-7-19-17(20)16-9-13(11-22-16)10-21-14-5-6-15(18)12(2)8-14/h5-6,8-9,11H,3-4,7,10H2,1-2H3,(H,19,20). The fourth-order valence-corrected chi connectivity index (χ4v) is 2.84. The number of thiophene rings is 1. The van der Waals surface area contributed by atoms with E-state index in [1.807, 2.05) is 36.6 Å². The van der Waals surface area contributed by atoms with Crippen LogP contribution in [-0.4, -0.2) is 12.5 Å². The molecular weight excluding hydrogens is 318 g/mol. The van der Waals surface area contributed by atoms with Crippen molar-refractivity contribution in [1.29, 1.82) is 0 Å². The summed E-state index contributed by atoms with van der Waals surface area (Å²) in [5.41, 5.74) is 1.98. The molecule has 2 aromatic rings. The Hall–Kier alpha value is -1.52. The monoisotopic (exact) mass is 337 g/mol. The molecule has 0 atom stereocenters. The summed E-state index contributed by atoms with van der Waals surface area (Å²) in [5.74, 6) is 0.772. The van der Waals surface area contributed by atoms with Crippen LogP contribution in [-0.2, 0) is 6.61 Å². The molecule has 3 nitrogen and oxygen atoms in total. The molecule has 0 unspecified atom stereocenters. The molecule has 0 radical (unpaired) electrons. The van der Waals surface area contributed by atoms with E-state index < -0.39 is 0 Å². The summed E-state index contributed by atoms with van der Waals surface area (Å²) in [6.07, 6.45) is 2.08. The van der Waals surface area contributed by atoms with Crippen molar-refractivity contribution in [3.8, 4) is 5.75 Å². The normalized spacial score (nSPS) is 10.5. The topological polar surface area (TPSA) is 38.3 Å². The molecule has 1 heterocycles. The maximum Gasteiger partial charge on any atom is 0.261 e. The zero-order chi connectivity index (χ0) is 15.9. The molecular formula is C17H20ClNO2S. The maximum absolute atomic E-state index is 11.9. The number of aryl methyl sites for hydroxylation is 1. The molecule has 1 N–H and O–H groups in total. The summed E-state index contributed by atoms with van der Waals surface area (Å²) in [6, 6.07) is 7.47. The minimum atomic E-state index is -0.00737. The molecule has 1 aromatic heterocycles. The van der Waals surface area contributed by atoms with Crippen LogP contribution in [0.4, 0.5) is 0 Å². The number of hydrogen-bond acceptors (Lipinski definition) is 3. The van der Waals surface area contributed by atoms with E-state index in [-0.39, 0.29) is 5.91 Å². The average Bonchev–Trinajstić information content (AvgIpc) is 2.98. The second kappa shape index (κ2) is 8.20. The van der Waals surface area contributed by atoms with Gasteiger partial charge in [-0.15, -0.1) is 11.3 Å². The smallest absolute Gasteiger partial charge is 0.261 e. The van der Waals surface area contributed by atoms with Crippen LogP contribution in [0.15, 0.2) is 29.6 Å². The highest BCUT2D eigenvalue weighted by molar-refractivity contribution is 7.12. The van der Waals surface area contributed by atoms with Crippen molar-refractivity contribution < 1.29 is 9.53 Å². The summed E-state index contributed by atoms with van der Waals surface area (Å²) >= 11 is 7.43. The highest BCUT2D eigenvalue weighted by atomic mass is 35.5. The van der Waals surface area contributed by atoms with Crippen LogP contribution in [0.25, 0.3) is 0 Å². The van der Waals surface area contributed by atoms with Gasteiger partial charge in [0, 0.05) is 17.1 Å². The van der Waals surface area contributed by atoms with Gasteiger partial charge in [0.25, 0.3) is 5.91 Å². The average molecular weight is 338 g/mol. The van der Waals surface area contributed by atoms with E-state index in [4.69, 9.17) is 16.3 Å². The Kier molecular flexibility index (Phi) is 6.28. The Morgan fingerprint density at radius 1 is 1.36 bits per heavy atom. The number of carbonyl (C=O) groups is 1. The minimum absolute atomic E-state index is 0.00737. The lowest BCUT2D eigenvalue weighted by Gasteiger charge is -2.06. The van der Waals surface area contributed by atoms with Crippen LogP contribution in [0.5, 0.6) is 5.75 Å². The summed E-state index contributed by atoms with van der Waals surface area (Å²) < 4.78 is 5.74. The number of rotatable bonds is 7. The van der Waals surface area contributed by atoms with Crippen molar-refractivity contribution in [2.24, 2.45) is 0 Å². The third-order valence-corrected chi connectivity index (χ3v) is 4.63. The third kappa shape index (κ3) is 4.75. The van der Waals surface area contributed by atoms with Gasteiger partial charge in [-0.05, 0) is 48.6 Å². The van der Waals surface area contributed by atoms with E-state index >= 15 is 0 Å². The second-order valence-electron chi connectivity index (χ2n) is 5.13. The highest BCUT2D eigenvalue weighted by Crippen LogP contribution is 2.23. The largest absolute Gasteiger partial charge is 0.489 e. The molecule has 1 aromatic carbocycles. The summed E-state index contributed by atoms with van der Waals surface area (Å²) in [6.45, 7) is 5.21. The van der Waals surface area contributed by atoms with Crippen molar-refractivity contribution in [2.75, 3.05) is 6.54 Å². The maximum atomic E-state index is 11.9. The lowest BCUT2D eigenvalue weighted by Crippen LogP contribution is -2.23. The fourth-order valence-electron chi connectivity index (χ4n) is 1.91. The van der Waals surface area contributed by atoms with Crippen LogP contribution in [0.3, 0.4) is 0 Å². The summed E-state index contributed by atoms with van der Waals surface area (Å²) in [5, 5.41) is 5.60. The van der Waals surface area contributed by atoms with Crippen LogP contribution in [0.1, 0.15) is 40.6 Å². The van der Waals surface area contributed by atoms with Gasteiger partial charge in [0.15, 0.2) is 0 Å². The highest BCUT2D eigenvalue weighted by Gasteiger charge is 2.09. The van der Waals surface area contributed by atoms with E-state index in [0.717, 1.165) is 46.2 Å². The second-order valence-corrected chi connectivity index (χ2v) is 6.45. The van der Waals surface area contributed by atoms with Crippen molar-refractivity contribution in [1.82, 2.24) is 5.32 Å². The molecule has 0 bridgehead atoms. The third-order valence-electron chi connectivity index (χ3n) is 3.23. The SMILES string of the molecule is CCCCNC(=O)c1cc(COc2ccc(Cl)c(C)c2)cs1. The van der Waals surface area contributed by atoms with Gasteiger partial charge in [0.05, 0.1) is 4.88 Å². The molecule has 5 heteroatoms. The van der Waals surface area contributed by atoms with Crippen molar-refractivity contribution in [3.63, 3.8) is 0 Å². The minimum Gasteiger partial charge on any atom is -0.489 e. The molecule has 0 aliphatic carbocycles. The number of amides is 1. The lowest BCUT2D eigenvalue weighted by molar-refractivity contribution is 0.0957. The van der Waals surface area contributed by atoms with Gasteiger partial charge in [-0.3, -0.25) is 4.79 Å². The molecule has 0 aliphatic heterocycles. The van der Waals surface area contributed by atoms with Crippen LogP contribution >= 0.6 is 22.9 Å². The first-order valence-electron chi connectivity index (χ1n) is 7.34. The summed E-state index contributed by atoms with van der Waals surface area (Å²) in [4.78, 5) is 12.7. The van der Waals surface area contributed by atoms with Crippen LogP contribution in [0, 0.1) is 6.92 Å². The molecule has 2 rings (SSSR count). The van der Waals surface area contributed by atoms with Crippen molar-refractivity contribution in [3.05, 3.63) is 50.7 Å². The Morgan fingerprint density at radius 2 is 2.18 bits per heavy atom. The molecule has 0 spiro atoms. The quantitative estimate of drug-likeness (QED) is 0.736. The van der Waals surface area contributed by atoms with Gasteiger partial charge >= 0.3 is 0 Å². The Balaban J connectivity index is 1.88. The number of benzene rings is 1. The predicted octanol–water partition coefficient (Wildman–Crippen LogP) is 4.82. The molecule has 0 saturated carbocycles. The summed E-state index contributed by atoms with van der Waals surface area (Å²) in [7, 11) is 0. The number of carbonyl (C=O) groups excluding carboxylic acids is 1. The van der Waals surface area contributed by atoms with E-state index in [1.165, 1.54) is 11.3 Å². The van der Waals surface area contributed by atoms with E-state index in [1.54, 1.807) is 0 Å². The number of unbranched alkanes of at least 4 members (excludes halogenated alkanes) is 1. The number of hydrogen-bond donors (Lipinski definition) is 1. The number of nitrogens with one attached hydrogen (secondary N) is 1. The number of halogens is 1.